The number of hydrogen-bond donors (Lipinski definition) is 1. The Morgan fingerprint density at radius 2 is 1.94 bits per heavy atom. The van der Waals surface area contributed by atoms with Gasteiger partial charge in [0.2, 0.25) is 5.76 Å². The first-order valence-electron chi connectivity index (χ1n) is 5.31. The summed E-state index contributed by atoms with van der Waals surface area (Å²) in [5.41, 5.74) is 0.763. The number of rotatable bonds is 5. The molecule has 86 valence electrons. The molecule has 1 aromatic carbocycles. The maximum atomic E-state index is 11.0. The first kappa shape index (κ1) is 12.3. The largest absolute Gasteiger partial charge is 0.475 e. The van der Waals surface area contributed by atoms with Crippen LogP contribution < -0.4 is 4.74 Å². The third-order valence-corrected chi connectivity index (χ3v) is 2.17. The van der Waals surface area contributed by atoms with Crippen molar-refractivity contribution in [2.75, 3.05) is 0 Å². The van der Waals surface area contributed by atoms with E-state index in [2.05, 4.69) is 0 Å². The zero-order valence-corrected chi connectivity index (χ0v) is 9.56. The monoisotopic (exact) mass is 220 g/mol. The van der Waals surface area contributed by atoms with Crippen LogP contribution >= 0.6 is 0 Å². The molecule has 1 N–H and O–H groups in total. The molecule has 0 aliphatic heterocycles. The fourth-order valence-corrected chi connectivity index (χ4v) is 1.41. The van der Waals surface area contributed by atoms with Crippen LogP contribution in [0.5, 0.6) is 5.75 Å². The number of carboxylic acids is 1. The Balaban J connectivity index is 2.89. The molecule has 0 radical (unpaired) electrons. The molecule has 0 saturated carbocycles. The van der Waals surface area contributed by atoms with E-state index in [-0.39, 0.29) is 5.76 Å². The van der Waals surface area contributed by atoms with Crippen molar-refractivity contribution in [1.82, 2.24) is 0 Å². The topological polar surface area (TPSA) is 46.5 Å². The molecule has 1 aromatic rings. The fourth-order valence-electron chi connectivity index (χ4n) is 1.41. The SMILES string of the molecule is CCC/C(C)=C(/Oc1ccccc1)C(=O)O. The lowest BCUT2D eigenvalue weighted by Crippen LogP contribution is -2.10. The summed E-state index contributed by atoms with van der Waals surface area (Å²) in [6, 6.07) is 8.95. The molecule has 3 nitrogen and oxygen atoms in total. The summed E-state index contributed by atoms with van der Waals surface area (Å²) in [6.07, 6.45) is 1.63. The molecule has 0 spiro atoms. The van der Waals surface area contributed by atoms with Crippen molar-refractivity contribution in [2.45, 2.75) is 26.7 Å². The molecule has 3 heteroatoms. The summed E-state index contributed by atoms with van der Waals surface area (Å²) in [6.45, 7) is 3.79. The van der Waals surface area contributed by atoms with E-state index >= 15 is 0 Å². The molecule has 0 aliphatic rings. The van der Waals surface area contributed by atoms with Gasteiger partial charge in [0.1, 0.15) is 5.75 Å². The average Bonchev–Trinajstić information content (AvgIpc) is 2.27. The second-order valence-electron chi connectivity index (χ2n) is 3.58. The van der Waals surface area contributed by atoms with Crippen molar-refractivity contribution < 1.29 is 14.6 Å². The van der Waals surface area contributed by atoms with Gasteiger partial charge in [-0.25, -0.2) is 4.79 Å². The summed E-state index contributed by atoms with van der Waals surface area (Å²) >= 11 is 0. The van der Waals surface area contributed by atoms with E-state index in [9.17, 15) is 4.79 Å². The van der Waals surface area contributed by atoms with Crippen molar-refractivity contribution in [1.29, 1.82) is 0 Å². The highest BCUT2D eigenvalue weighted by atomic mass is 16.5. The summed E-state index contributed by atoms with van der Waals surface area (Å²) in [4.78, 5) is 11.0. The second-order valence-corrected chi connectivity index (χ2v) is 3.58. The number of allylic oxidation sites excluding steroid dienone is 1. The lowest BCUT2D eigenvalue weighted by molar-refractivity contribution is -0.135. The number of aliphatic carboxylic acids is 1. The van der Waals surface area contributed by atoms with Gasteiger partial charge in [-0.1, -0.05) is 31.5 Å². The molecule has 0 amide bonds. The summed E-state index contributed by atoms with van der Waals surface area (Å²) < 4.78 is 5.37. The third kappa shape index (κ3) is 3.42. The van der Waals surface area contributed by atoms with Crippen LogP contribution in [-0.2, 0) is 4.79 Å². The molecule has 0 atom stereocenters. The van der Waals surface area contributed by atoms with Crippen molar-refractivity contribution in [2.24, 2.45) is 0 Å². The number of benzene rings is 1. The van der Waals surface area contributed by atoms with E-state index < -0.39 is 5.97 Å². The van der Waals surface area contributed by atoms with Gasteiger partial charge in [-0.3, -0.25) is 0 Å². The number of hydrogen-bond acceptors (Lipinski definition) is 2. The normalized spacial score (nSPS) is 11.9. The van der Waals surface area contributed by atoms with E-state index in [0.717, 1.165) is 18.4 Å². The Hall–Kier alpha value is -1.77. The number of carbonyl (C=O) groups is 1. The molecule has 0 fully saturated rings. The third-order valence-electron chi connectivity index (χ3n) is 2.17. The Labute approximate surface area is 95.4 Å². The van der Waals surface area contributed by atoms with Gasteiger partial charge in [-0.15, -0.1) is 0 Å². The van der Waals surface area contributed by atoms with Crippen LogP contribution in [0.2, 0.25) is 0 Å². The Bertz CT molecular complexity index is 379. The van der Waals surface area contributed by atoms with Crippen LogP contribution in [0.4, 0.5) is 0 Å². The zero-order valence-electron chi connectivity index (χ0n) is 9.56. The van der Waals surface area contributed by atoms with Crippen LogP contribution in [0.3, 0.4) is 0 Å². The zero-order chi connectivity index (χ0) is 12.0. The quantitative estimate of drug-likeness (QED) is 0.612. The van der Waals surface area contributed by atoms with Crippen molar-refractivity contribution in [3.05, 3.63) is 41.7 Å². The minimum absolute atomic E-state index is 0.0352. The van der Waals surface area contributed by atoms with Gasteiger partial charge in [0.15, 0.2) is 0 Å². The van der Waals surface area contributed by atoms with Gasteiger partial charge in [0, 0.05) is 0 Å². The molecule has 0 saturated heterocycles. The fraction of sp³-hybridized carbons (Fsp3) is 0.308. The van der Waals surface area contributed by atoms with Gasteiger partial charge >= 0.3 is 5.97 Å². The minimum Gasteiger partial charge on any atom is -0.475 e. The lowest BCUT2D eigenvalue weighted by Gasteiger charge is -2.09. The van der Waals surface area contributed by atoms with E-state index in [0.29, 0.717) is 5.75 Å². The number of para-hydroxylation sites is 1. The van der Waals surface area contributed by atoms with Gasteiger partial charge in [0.05, 0.1) is 0 Å². The molecule has 0 aliphatic carbocycles. The Kier molecular flexibility index (Phi) is 4.58. The number of ether oxygens (including phenoxy) is 1. The highest BCUT2D eigenvalue weighted by molar-refractivity contribution is 5.85. The van der Waals surface area contributed by atoms with Crippen molar-refractivity contribution in [3.63, 3.8) is 0 Å². The molecule has 0 bridgehead atoms. The first-order valence-corrected chi connectivity index (χ1v) is 5.31. The van der Waals surface area contributed by atoms with Crippen LogP contribution in [-0.4, -0.2) is 11.1 Å². The summed E-state index contributed by atoms with van der Waals surface area (Å²) in [7, 11) is 0. The Morgan fingerprint density at radius 1 is 1.31 bits per heavy atom. The highest BCUT2D eigenvalue weighted by Crippen LogP contribution is 2.17. The Morgan fingerprint density at radius 3 is 2.44 bits per heavy atom. The van der Waals surface area contributed by atoms with Crippen molar-refractivity contribution >= 4 is 5.97 Å². The summed E-state index contributed by atoms with van der Waals surface area (Å²) in [5.74, 6) is -0.432. The van der Waals surface area contributed by atoms with Gasteiger partial charge in [-0.05, 0) is 31.1 Å². The predicted octanol–water partition coefficient (Wildman–Crippen LogP) is 3.22. The molecule has 0 heterocycles. The maximum absolute atomic E-state index is 11.0. The predicted molar refractivity (Wildman–Crippen MR) is 62.3 cm³/mol. The molecule has 16 heavy (non-hydrogen) atoms. The smallest absolute Gasteiger partial charge is 0.371 e. The second kappa shape index (κ2) is 5.95. The van der Waals surface area contributed by atoms with E-state index in [1.54, 1.807) is 19.1 Å². The minimum atomic E-state index is -1.02. The molecular weight excluding hydrogens is 204 g/mol. The molecule has 1 rings (SSSR count). The lowest BCUT2D eigenvalue weighted by atomic mass is 10.1. The van der Waals surface area contributed by atoms with Crippen LogP contribution in [0, 0.1) is 0 Å². The summed E-state index contributed by atoms with van der Waals surface area (Å²) in [5, 5.41) is 9.05. The van der Waals surface area contributed by atoms with E-state index in [4.69, 9.17) is 9.84 Å². The van der Waals surface area contributed by atoms with E-state index in [1.807, 2.05) is 25.1 Å². The highest BCUT2D eigenvalue weighted by Gasteiger charge is 2.13. The van der Waals surface area contributed by atoms with Crippen LogP contribution in [0.25, 0.3) is 0 Å². The first-order chi connectivity index (χ1) is 7.65. The maximum Gasteiger partial charge on any atom is 0.371 e. The molecule has 0 unspecified atom stereocenters. The van der Waals surface area contributed by atoms with Gasteiger partial charge < -0.3 is 9.84 Å². The van der Waals surface area contributed by atoms with Crippen molar-refractivity contribution in [3.8, 4) is 5.75 Å². The standard InChI is InChI=1S/C13H16O3/c1-3-7-10(2)12(13(14)15)16-11-8-5-4-6-9-11/h4-6,8-9H,3,7H2,1-2H3,(H,14,15)/b12-10+. The van der Waals surface area contributed by atoms with E-state index in [1.165, 1.54) is 0 Å². The van der Waals surface area contributed by atoms with Crippen LogP contribution in [0.15, 0.2) is 41.7 Å². The average molecular weight is 220 g/mol. The molecular formula is C13H16O3. The van der Waals surface area contributed by atoms with Crippen LogP contribution in [0.1, 0.15) is 26.7 Å². The molecule has 0 aromatic heterocycles. The number of carboxylic acid groups (broad SMARTS) is 1. The van der Waals surface area contributed by atoms with Gasteiger partial charge in [0.25, 0.3) is 0 Å². The van der Waals surface area contributed by atoms with Gasteiger partial charge in [-0.2, -0.15) is 0 Å².